The van der Waals surface area contributed by atoms with E-state index in [1.807, 2.05) is 37.1 Å². The lowest BCUT2D eigenvalue weighted by molar-refractivity contribution is -0.118. The summed E-state index contributed by atoms with van der Waals surface area (Å²) >= 11 is 7.68. The number of amides is 1. The standard InChI is InChI=1S/C14H15ClN4OS/c1-9-16-17-14(21-9)18(2)12-7-8-19(13(12)20)11-6-4-3-5-10(11)15/h3-6,12H,7-8H2,1-2H3. The van der Waals surface area contributed by atoms with Crippen LogP contribution in [-0.4, -0.2) is 35.7 Å². The normalized spacial score (nSPS) is 18.3. The van der Waals surface area contributed by atoms with Crippen molar-refractivity contribution in [2.75, 3.05) is 23.4 Å². The molecule has 2 heterocycles. The lowest BCUT2D eigenvalue weighted by atomic mass is 10.2. The first-order valence-corrected chi connectivity index (χ1v) is 7.86. The number of carbonyl (C=O) groups is 1. The summed E-state index contributed by atoms with van der Waals surface area (Å²) in [7, 11) is 1.89. The van der Waals surface area contributed by atoms with Crippen LogP contribution in [0.25, 0.3) is 0 Å². The summed E-state index contributed by atoms with van der Waals surface area (Å²) in [5.74, 6) is 0.0541. The van der Waals surface area contributed by atoms with Crippen LogP contribution in [0, 0.1) is 6.92 Å². The zero-order chi connectivity index (χ0) is 15.0. The number of hydrogen-bond donors (Lipinski definition) is 0. The molecule has 2 aromatic rings. The molecule has 1 unspecified atom stereocenters. The molecule has 0 bridgehead atoms. The van der Waals surface area contributed by atoms with Crippen molar-refractivity contribution in [3.05, 3.63) is 34.3 Å². The van der Waals surface area contributed by atoms with Crippen LogP contribution in [0.5, 0.6) is 0 Å². The summed E-state index contributed by atoms with van der Waals surface area (Å²) in [6, 6.07) is 7.21. The molecule has 1 aromatic carbocycles. The van der Waals surface area contributed by atoms with Crippen LogP contribution >= 0.6 is 22.9 Å². The summed E-state index contributed by atoms with van der Waals surface area (Å²) in [6.45, 7) is 2.57. The first-order chi connectivity index (χ1) is 10.1. The maximum absolute atomic E-state index is 12.7. The van der Waals surface area contributed by atoms with Crippen molar-refractivity contribution in [2.45, 2.75) is 19.4 Å². The highest BCUT2D eigenvalue weighted by Gasteiger charge is 2.37. The van der Waals surface area contributed by atoms with Crippen molar-refractivity contribution in [3.63, 3.8) is 0 Å². The Kier molecular flexibility index (Phi) is 3.82. The zero-order valence-electron chi connectivity index (χ0n) is 11.8. The summed E-state index contributed by atoms with van der Waals surface area (Å²) < 4.78 is 0. The summed E-state index contributed by atoms with van der Waals surface area (Å²) in [5, 5.41) is 10.4. The van der Waals surface area contributed by atoms with E-state index in [2.05, 4.69) is 10.2 Å². The van der Waals surface area contributed by atoms with Gasteiger partial charge < -0.3 is 9.80 Å². The van der Waals surface area contributed by atoms with Gasteiger partial charge >= 0.3 is 0 Å². The minimum absolute atomic E-state index is 0.0541. The molecule has 0 spiro atoms. The molecule has 0 N–H and O–H groups in total. The first-order valence-electron chi connectivity index (χ1n) is 6.67. The van der Waals surface area contributed by atoms with Crippen LogP contribution in [0.2, 0.25) is 5.02 Å². The second-order valence-corrected chi connectivity index (χ2v) is 6.53. The van der Waals surface area contributed by atoms with Gasteiger partial charge in [0.05, 0.1) is 10.7 Å². The largest absolute Gasteiger partial charge is 0.338 e. The molecule has 0 radical (unpaired) electrons. The molecule has 0 saturated carbocycles. The molecular formula is C14H15ClN4OS. The molecule has 0 aliphatic carbocycles. The van der Waals surface area contributed by atoms with E-state index in [1.165, 1.54) is 11.3 Å². The van der Waals surface area contributed by atoms with E-state index in [0.29, 0.717) is 11.6 Å². The molecule has 5 nitrogen and oxygen atoms in total. The SMILES string of the molecule is Cc1nnc(N(C)C2CCN(c3ccccc3Cl)C2=O)s1. The average molecular weight is 323 g/mol. The zero-order valence-corrected chi connectivity index (χ0v) is 13.4. The number of aryl methyl sites for hydroxylation is 1. The van der Waals surface area contributed by atoms with Crippen molar-refractivity contribution >= 4 is 39.7 Å². The number of rotatable bonds is 3. The summed E-state index contributed by atoms with van der Waals surface area (Å²) in [5.41, 5.74) is 0.772. The molecule has 1 aliphatic heterocycles. The van der Waals surface area contributed by atoms with Crippen molar-refractivity contribution < 1.29 is 4.79 Å². The second kappa shape index (κ2) is 5.61. The smallest absolute Gasteiger partial charge is 0.249 e. The number of aromatic nitrogens is 2. The van der Waals surface area contributed by atoms with Crippen LogP contribution in [-0.2, 0) is 4.79 Å². The fraction of sp³-hybridized carbons (Fsp3) is 0.357. The Morgan fingerprint density at radius 3 is 2.81 bits per heavy atom. The Morgan fingerprint density at radius 2 is 2.14 bits per heavy atom. The molecule has 21 heavy (non-hydrogen) atoms. The highest BCUT2D eigenvalue weighted by atomic mass is 35.5. The molecular weight excluding hydrogens is 308 g/mol. The van der Waals surface area contributed by atoms with E-state index < -0.39 is 0 Å². The Bertz CT molecular complexity index is 674. The minimum Gasteiger partial charge on any atom is -0.338 e. The van der Waals surface area contributed by atoms with Crippen molar-refractivity contribution in [1.82, 2.24) is 10.2 Å². The third kappa shape index (κ3) is 2.61. The third-order valence-corrected chi connectivity index (χ3v) is 4.85. The van der Waals surface area contributed by atoms with E-state index in [1.54, 1.807) is 11.0 Å². The highest BCUT2D eigenvalue weighted by Crippen LogP contribution is 2.32. The highest BCUT2D eigenvalue weighted by molar-refractivity contribution is 7.15. The maximum Gasteiger partial charge on any atom is 0.249 e. The molecule has 7 heteroatoms. The number of benzene rings is 1. The number of nitrogens with zero attached hydrogens (tertiary/aromatic N) is 4. The van der Waals surface area contributed by atoms with Gasteiger partial charge in [-0.3, -0.25) is 4.79 Å². The van der Waals surface area contributed by atoms with Gasteiger partial charge in [-0.2, -0.15) is 0 Å². The van der Waals surface area contributed by atoms with Crippen LogP contribution < -0.4 is 9.80 Å². The molecule has 1 amide bonds. The fourth-order valence-electron chi connectivity index (χ4n) is 2.50. The number of carbonyl (C=O) groups excluding carboxylic acids is 1. The molecule has 1 aromatic heterocycles. The van der Waals surface area contributed by atoms with Crippen LogP contribution in [0.15, 0.2) is 24.3 Å². The van der Waals surface area contributed by atoms with Gasteiger partial charge in [0.15, 0.2) is 0 Å². The monoisotopic (exact) mass is 322 g/mol. The van der Waals surface area contributed by atoms with Gasteiger partial charge in [0, 0.05) is 13.6 Å². The van der Waals surface area contributed by atoms with Crippen molar-refractivity contribution in [2.24, 2.45) is 0 Å². The first kappa shape index (κ1) is 14.3. The Labute approximate surface area is 132 Å². The van der Waals surface area contributed by atoms with Gasteiger partial charge in [-0.25, -0.2) is 0 Å². The van der Waals surface area contributed by atoms with Crippen LogP contribution in [0.1, 0.15) is 11.4 Å². The summed E-state index contributed by atoms with van der Waals surface area (Å²) in [6.07, 6.45) is 0.749. The number of halogens is 1. The van der Waals surface area contributed by atoms with E-state index in [0.717, 1.165) is 22.2 Å². The van der Waals surface area contributed by atoms with Gasteiger partial charge in [0.25, 0.3) is 0 Å². The molecule has 1 fully saturated rings. The van der Waals surface area contributed by atoms with Crippen molar-refractivity contribution in [1.29, 1.82) is 0 Å². The third-order valence-electron chi connectivity index (χ3n) is 3.61. The molecule has 110 valence electrons. The van der Waals surface area contributed by atoms with Gasteiger partial charge in [0.1, 0.15) is 11.0 Å². The fourth-order valence-corrected chi connectivity index (χ4v) is 3.43. The van der Waals surface area contributed by atoms with Gasteiger partial charge in [0.2, 0.25) is 11.0 Å². The predicted molar refractivity (Wildman–Crippen MR) is 85.3 cm³/mol. The van der Waals surface area contributed by atoms with Gasteiger partial charge in [-0.1, -0.05) is 35.1 Å². The number of para-hydroxylation sites is 1. The number of anilines is 2. The predicted octanol–water partition coefficient (Wildman–Crippen LogP) is 2.74. The minimum atomic E-state index is -0.214. The van der Waals surface area contributed by atoms with Gasteiger partial charge in [-0.15, -0.1) is 10.2 Å². The average Bonchev–Trinajstić information content (AvgIpc) is 3.05. The Balaban J connectivity index is 1.82. The maximum atomic E-state index is 12.7. The summed E-state index contributed by atoms with van der Waals surface area (Å²) in [4.78, 5) is 16.3. The van der Waals surface area contributed by atoms with Gasteiger partial charge in [-0.05, 0) is 25.5 Å². The van der Waals surface area contributed by atoms with Crippen LogP contribution in [0.4, 0.5) is 10.8 Å². The van der Waals surface area contributed by atoms with Crippen molar-refractivity contribution in [3.8, 4) is 0 Å². The lowest BCUT2D eigenvalue weighted by Gasteiger charge is -2.23. The number of hydrogen-bond acceptors (Lipinski definition) is 5. The Morgan fingerprint density at radius 1 is 1.38 bits per heavy atom. The molecule has 1 saturated heterocycles. The topological polar surface area (TPSA) is 49.3 Å². The van der Waals surface area contributed by atoms with E-state index in [4.69, 9.17) is 11.6 Å². The van der Waals surface area contributed by atoms with E-state index >= 15 is 0 Å². The quantitative estimate of drug-likeness (QED) is 0.872. The molecule has 1 atom stereocenters. The lowest BCUT2D eigenvalue weighted by Crippen LogP contribution is -2.39. The van der Waals surface area contributed by atoms with E-state index in [-0.39, 0.29) is 11.9 Å². The van der Waals surface area contributed by atoms with E-state index in [9.17, 15) is 4.79 Å². The Hall–Kier alpha value is -1.66. The van der Waals surface area contributed by atoms with Crippen LogP contribution in [0.3, 0.4) is 0 Å². The second-order valence-electron chi connectivity index (χ2n) is 4.96. The molecule has 1 aliphatic rings. The molecule has 3 rings (SSSR count). The number of likely N-dealkylation sites (N-methyl/N-ethyl adjacent to an activating group) is 1.